The van der Waals surface area contributed by atoms with Gasteiger partial charge in [-0.25, -0.2) is 4.39 Å². The Morgan fingerprint density at radius 2 is 2.21 bits per heavy atom. The molecule has 0 aliphatic rings. The van der Waals surface area contributed by atoms with Crippen LogP contribution < -0.4 is 5.73 Å². The fraction of sp³-hybridized carbons (Fsp3) is 0. The molecule has 0 spiro atoms. The smallest absolute Gasteiger partial charge is 0.159 e. The molecule has 0 atom stereocenters. The summed E-state index contributed by atoms with van der Waals surface area (Å²) in [5.74, 6) is 0.133. The Bertz CT molecular complexity index is 622. The van der Waals surface area contributed by atoms with Crippen molar-refractivity contribution in [3.63, 3.8) is 0 Å². The molecule has 2 rings (SSSR count). The lowest BCUT2D eigenvalue weighted by Crippen LogP contribution is -1.96. The van der Waals surface area contributed by atoms with Gasteiger partial charge < -0.3 is 10.5 Å². The van der Waals surface area contributed by atoms with Gasteiger partial charge in [-0.05, 0) is 29.6 Å². The lowest BCUT2D eigenvalue weighted by molar-refractivity contribution is 0.467. The van der Waals surface area contributed by atoms with Gasteiger partial charge in [0, 0.05) is 11.2 Å². The van der Waals surface area contributed by atoms with Crippen LogP contribution in [-0.2, 0) is 4.74 Å². The summed E-state index contributed by atoms with van der Waals surface area (Å²) in [5.41, 5.74) is 5.77. The molecular formula is C14H11ClFNOS. The number of hydrogen-bond acceptors (Lipinski definition) is 3. The highest BCUT2D eigenvalue weighted by molar-refractivity contribution is 7.11. The van der Waals surface area contributed by atoms with E-state index in [1.54, 1.807) is 6.07 Å². The number of halogens is 2. The summed E-state index contributed by atoms with van der Waals surface area (Å²) < 4.78 is 19.2. The van der Waals surface area contributed by atoms with Crippen LogP contribution in [0.5, 0.6) is 0 Å². The van der Waals surface area contributed by atoms with E-state index in [1.807, 2.05) is 17.5 Å². The van der Waals surface area contributed by atoms with Gasteiger partial charge in [0.05, 0.1) is 10.4 Å². The Balaban J connectivity index is 2.21. The van der Waals surface area contributed by atoms with Gasteiger partial charge in [-0.15, -0.1) is 11.3 Å². The van der Waals surface area contributed by atoms with Crippen molar-refractivity contribution in [2.75, 3.05) is 0 Å². The molecule has 0 fully saturated rings. The number of thiophene rings is 1. The van der Waals surface area contributed by atoms with Crippen molar-refractivity contribution in [2.45, 2.75) is 0 Å². The van der Waals surface area contributed by atoms with Crippen molar-refractivity contribution < 1.29 is 9.13 Å². The van der Waals surface area contributed by atoms with Crippen LogP contribution in [0.15, 0.2) is 48.5 Å². The van der Waals surface area contributed by atoms with Crippen LogP contribution >= 0.6 is 22.9 Å². The minimum atomic E-state index is -0.486. The molecule has 0 amide bonds. The molecule has 2 N–H and O–H groups in total. The van der Waals surface area contributed by atoms with Gasteiger partial charge in [0.2, 0.25) is 0 Å². The zero-order chi connectivity index (χ0) is 13.8. The highest BCUT2D eigenvalue weighted by atomic mass is 35.5. The molecule has 0 radical (unpaired) electrons. The lowest BCUT2D eigenvalue weighted by Gasteiger charge is -2.11. The summed E-state index contributed by atoms with van der Waals surface area (Å²) in [7, 11) is 0. The molecule has 0 saturated heterocycles. The maximum absolute atomic E-state index is 13.7. The maximum Gasteiger partial charge on any atom is 0.159 e. The summed E-state index contributed by atoms with van der Waals surface area (Å²) >= 11 is 7.17. The number of rotatable bonds is 4. The quantitative estimate of drug-likeness (QED) is 0.844. The highest BCUT2D eigenvalue weighted by Crippen LogP contribution is 2.28. The van der Waals surface area contributed by atoms with E-state index >= 15 is 0 Å². The monoisotopic (exact) mass is 295 g/mol. The van der Waals surface area contributed by atoms with E-state index in [9.17, 15) is 4.39 Å². The van der Waals surface area contributed by atoms with Crippen LogP contribution in [0.3, 0.4) is 0 Å². The second kappa shape index (κ2) is 5.91. The summed E-state index contributed by atoms with van der Waals surface area (Å²) in [6.45, 7) is 3.72. The third-order valence-corrected chi connectivity index (χ3v) is 3.50. The third-order valence-electron chi connectivity index (χ3n) is 2.38. The normalized spacial score (nSPS) is 11.4. The lowest BCUT2D eigenvalue weighted by atomic mass is 10.2. The first-order valence-corrected chi connectivity index (χ1v) is 6.65. The summed E-state index contributed by atoms with van der Waals surface area (Å²) in [4.78, 5) is 0.845. The zero-order valence-electron chi connectivity index (χ0n) is 9.90. The van der Waals surface area contributed by atoms with Gasteiger partial charge in [0.25, 0.3) is 0 Å². The van der Waals surface area contributed by atoms with Crippen molar-refractivity contribution in [1.82, 2.24) is 0 Å². The molecule has 5 heteroatoms. The molecule has 1 aromatic heterocycles. The largest absolute Gasteiger partial charge is 0.454 e. The van der Waals surface area contributed by atoms with Crippen LogP contribution in [-0.4, -0.2) is 0 Å². The van der Waals surface area contributed by atoms with E-state index < -0.39 is 5.82 Å². The first-order valence-electron chi connectivity index (χ1n) is 5.39. The van der Waals surface area contributed by atoms with Gasteiger partial charge in [-0.3, -0.25) is 0 Å². The standard InChI is InChI=1S/C14H11ClFNOS/c1-9(11-5-4-10(15)7-12(11)16)18-13(8-17)14-3-2-6-19-14/h2-8H,1,17H2/b13-8-. The summed E-state index contributed by atoms with van der Waals surface area (Å²) in [6.07, 6.45) is 1.32. The first kappa shape index (κ1) is 13.6. The van der Waals surface area contributed by atoms with E-state index in [0.717, 1.165) is 4.88 Å². The number of hydrogen-bond donors (Lipinski definition) is 1. The molecule has 1 aromatic carbocycles. The Morgan fingerprint density at radius 3 is 2.79 bits per heavy atom. The average molecular weight is 296 g/mol. The Morgan fingerprint density at radius 1 is 1.42 bits per heavy atom. The van der Waals surface area contributed by atoms with E-state index in [2.05, 4.69) is 6.58 Å². The molecular weight excluding hydrogens is 285 g/mol. The minimum absolute atomic E-state index is 0.180. The maximum atomic E-state index is 13.7. The molecule has 0 aliphatic carbocycles. The number of benzene rings is 1. The van der Waals surface area contributed by atoms with Gasteiger partial charge in [0.1, 0.15) is 11.6 Å². The van der Waals surface area contributed by atoms with Crippen molar-refractivity contribution >= 4 is 34.5 Å². The van der Waals surface area contributed by atoms with E-state index in [4.69, 9.17) is 22.1 Å². The predicted molar refractivity (Wildman–Crippen MR) is 78.0 cm³/mol. The first-order chi connectivity index (χ1) is 9.11. The van der Waals surface area contributed by atoms with E-state index in [-0.39, 0.29) is 11.3 Å². The predicted octanol–water partition coefficient (Wildman–Crippen LogP) is 4.49. The van der Waals surface area contributed by atoms with Crippen LogP contribution in [0.1, 0.15) is 10.4 Å². The Hall–Kier alpha value is -1.78. The highest BCUT2D eigenvalue weighted by Gasteiger charge is 2.11. The molecule has 2 aromatic rings. The molecule has 98 valence electrons. The molecule has 0 saturated carbocycles. The molecule has 0 aliphatic heterocycles. The summed E-state index contributed by atoms with van der Waals surface area (Å²) in [5, 5.41) is 2.22. The Kier molecular flexibility index (Phi) is 4.24. The van der Waals surface area contributed by atoms with Crippen LogP contribution in [0, 0.1) is 5.82 Å². The topological polar surface area (TPSA) is 35.2 Å². The summed E-state index contributed by atoms with van der Waals surface area (Å²) in [6, 6.07) is 8.03. The third kappa shape index (κ3) is 3.16. The van der Waals surface area contributed by atoms with Crippen LogP contribution in [0.4, 0.5) is 4.39 Å². The van der Waals surface area contributed by atoms with Crippen LogP contribution in [0.2, 0.25) is 5.02 Å². The molecule has 2 nitrogen and oxygen atoms in total. The van der Waals surface area contributed by atoms with E-state index in [1.165, 1.54) is 29.7 Å². The van der Waals surface area contributed by atoms with E-state index in [0.29, 0.717) is 10.8 Å². The van der Waals surface area contributed by atoms with Crippen molar-refractivity contribution in [2.24, 2.45) is 5.73 Å². The molecule has 0 bridgehead atoms. The SMILES string of the molecule is C=C(O/C(=C\N)c1cccs1)c1ccc(Cl)cc1F. The Labute approximate surface area is 119 Å². The fourth-order valence-electron chi connectivity index (χ4n) is 1.49. The minimum Gasteiger partial charge on any atom is -0.454 e. The molecule has 19 heavy (non-hydrogen) atoms. The fourth-order valence-corrected chi connectivity index (χ4v) is 2.33. The number of ether oxygens (including phenoxy) is 1. The van der Waals surface area contributed by atoms with Gasteiger partial charge >= 0.3 is 0 Å². The molecule has 1 heterocycles. The van der Waals surface area contributed by atoms with Crippen molar-refractivity contribution in [3.05, 3.63) is 69.8 Å². The number of nitrogens with two attached hydrogens (primary N) is 1. The van der Waals surface area contributed by atoms with Gasteiger partial charge in [-0.1, -0.05) is 24.2 Å². The van der Waals surface area contributed by atoms with Gasteiger partial charge in [0.15, 0.2) is 5.76 Å². The zero-order valence-corrected chi connectivity index (χ0v) is 11.5. The van der Waals surface area contributed by atoms with Crippen molar-refractivity contribution in [3.8, 4) is 0 Å². The molecule has 0 unspecified atom stereocenters. The second-order valence-corrected chi connectivity index (χ2v) is 5.04. The van der Waals surface area contributed by atoms with Gasteiger partial charge in [-0.2, -0.15) is 0 Å². The second-order valence-electron chi connectivity index (χ2n) is 3.66. The van der Waals surface area contributed by atoms with Crippen LogP contribution in [0.25, 0.3) is 11.5 Å². The van der Waals surface area contributed by atoms with Crippen molar-refractivity contribution in [1.29, 1.82) is 0 Å². The average Bonchev–Trinajstić information content (AvgIpc) is 2.89.